The minimum atomic E-state index is -0.626. The highest BCUT2D eigenvalue weighted by molar-refractivity contribution is 5.90. The van der Waals surface area contributed by atoms with Gasteiger partial charge in [-0.3, -0.25) is 0 Å². The lowest BCUT2D eigenvalue weighted by Crippen LogP contribution is -2.13. The van der Waals surface area contributed by atoms with E-state index in [9.17, 15) is 9.18 Å². The molecule has 0 radical (unpaired) electrons. The molecule has 0 unspecified atom stereocenters. The predicted molar refractivity (Wildman–Crippen MR) is 98.4 cm³/mol. The molecule has 3 aromatic rings. The number of nitrogens with zero attached hydrogens (tertiary/aromatic N) is 2. The highest BCUT2D eigenvalue weighted by atomic mass is 19.1. The zero-order valence-electron chi connectivity index (χ0n) is 15.3. The Balaban J connectivity index is 2.02. The molecule has 0 aliphatic carbocycles. The molecule has 0 amide bonds. The van der Waals surface area contributed by atoms with Crippen LogP contribution < -0.4 is 4.74 Å². The Morgan fingerprint density at radius 2 is 1.81 bits per heavy atom. The molecule has 0 aliphatic rings. The van der Waals surface area contributed by atoms with Crippen molar-refractivity contribution in [2.24, 2.45) is 0 Å². The molecule has 0 atom stereocenters. The van der Waals surface area contributed by atoms with Gasteiger partial charge < -0.3 is 4.74 Å². The number of benzene rings is 2. The molecule has 0 saturated heterocycles. The summed E-state index contributed by atoms with van der Waals surface area (Å²) in [6, 6.07) is 14.9. The minimum absolute atomic E-state index is 0.152. The van der Waals surface area contributed by atoms with Crippen molar-refractivity contribution in [1.29, 1.82) is 0 Å². The first kappa shape index (κ1) is 17.9. The molecule has 3 rings (SSSR count). The number of carbonyl (C=O) groups is 1. The minimum Gasteiger partial charge on any atom is -0.404 e. The van der Waals surface area contributed by atoms with Crippen molar-refractivity contribution in [3.05, 3.63) is 77.2 Å². The van der Waals surface area contributed by atoms with Crippen LogP contribution in [0.2, 0.25) is 0 Å². The molecule has 2 aromatic carbocycles. The van der Waals surface area contributed by atoms with E-state index in [1.54, 1.807) is 10.7 Å². The Morgan fingerprint density at radius 1 is 1.08 bits per heavy atom. The molecule has 1 heterocycles. The fourth-order valence-electron chi connectivity index (χ4n) is 2.52. The molecule has 0 aliphatic heterocycles. The summed E-state index contributed by atoms with van der Waals surface area (Å²) >= 11 is 0. The molecule has 0 N–H and O–H groups in total. The maximum atomic E-state index is 13.4. The molecule has 4 nitrogen and oxygen atoms in total. The normalized spacial score (nSPS) is 11.4. The quantitative estimate of drug-likeness (QED) is 0.634. The summed E-state index contributed by atoms with van der Waals surface area (Å²) < 4.78 is 20.5. The maximum absolute atomic E-state index is 13.4. The van der Waals surface area contributed by atoms with Crippen molar-refractivity contribution in [1.82, 2.24) is 9.78 Å². The molecule has 0 bridgehead atoms. The highest BCUT2D eigenvalue weighted by Gasteiger charge is 2.23. The van der Waals surface area contributed by atoms with E-state index in [-0.39, 0.29) is 11.0 Å². The summed E-state index contributed by atoms with van der Waals surface area (Å²) in [6.45, 7) is 8.09. The number of hydrogen-bond donors (Lipinski definition) is 0. The van der Waals surface area contributed by atoms with Gasteiger partial charge in [0.1, 0.15) is 5.82 Å². The van der Waals surface area contributed by atoms with Crippen LogP contribution >= 0.6 is 0 Å². The van der Waals surface area contributed by atoms with E-state index in [1.165, 1.54) is 18.2 Å². The number of ether oxygens (including phenoxy) is 1. The fraction of sp³-hybridized carbons (Fsp3) is 0.238. The molecule has 1 aromatic heterocycles. The summed E-state index contributed by atoms with van der Waals surface area (Å²) in [4.78, 5) is 12.4. The van der Waals surface area contributed by atoms with Crippen LogP contribution in [0.4, 0.5) is 4.39 Å². The molecule has 26 heavy (non-hydrogen) atoms. The van der Waals surface area contributed by atoms with E-state index >= 15 is 0 Å². The number of halogens is 1. The highest BCUT2D eigenvalue weighted by Crippen LogP contribution is 2.28. The molecule has 134 valence electrons. The third kappa shape index (κ3) is 3.82. The number of esters is 1. The first-order valence-corrected chi connectivity index (χ1v) is 8.39. The molecular weight excluding hydrogens is 331 g/mol. The van der Waals surface area contributed by atoms with E-state index in [0.717, 1.165) is 23.0 Å². The van der Waals surface area contributed by atoms with Crippen molar-refractivity contribution >= 4 is 5.97 Å². The van der Waals surface area contributed by atoms with Crippen LogP contribution in [0.15, 0.2) is 54.6 Å². The third-order valence-corrected chi connectivity index (χ3v) is 3.95. The van der Waals surface area contributed by atoms with Gasteiger partial charge in [-0.05, 0) is 42.8 Å². The van der Waals surface area contributed by atoms with Gasteiger partial charge in [0, 0.05) is 11.5 Å². The van der Waals surface area contributed by atoms with Crippen molar-refractivity contribution < 1.29 is 13.9 Å². The van der Waals surface area contributed by atoms with Gasteiger partial charge in [-0.25, -0.2) is 13.9 Å². The Hall–Kier alpha value is -2.95. The second kappa shape index (κ2) is 6.75. The summed E-state index contributed by atoms with van der Waals surface area (Å²) in [5.74, 6) is -0.810. The van der Waals surface area contributed by atoms with E-state index in [2.05, 4.69) is 5.10 Å². The van der Waals surface area contributed by atoms with E-state index < -0.39 is 11.8 Å². The lowest BCUT2D eigenvalue weighted by Gasteiger charge is -2.14. The zero-order valence-corrected chi connectivity index (χ0v) is 15.3. The zero-order chi connectivity index (χ0) is 18.9. The van der Waals surface area contributed by atoms with Crippen molar-refractivity contribution in [2.45, 2.75) is 33.1 Å². The fourth-order valence-corrected chi connectivity index (χ4v) is 2.52. The molecule has 0 spiro atoms. The Kier molecular flexibility index (Phi) is 4.64. The van der Waals surface area contributed by atoms with Gasteiger partial charge in [0.15, 0.2) is 0 Å². The van der Waals surface area contributed by atoms with Gasteiger partial charge in [-0.2, -0.15) is 5.10 Å². The Bertz CT molecular complexity index is 955. The van der Waals surface area contributed by atoms with Crippen LogP contribution in [0.3, 0.4) is 0 Å². The largest absolute Gasteiger partial charge is 0.404 e. The van der Waals surface area contributed by atoms with Gasteiger partial charge in [0.25, 0.3) is 0 Å². The Labute approximate surface area is 152 Å². The van der Waals surface area contributed by atoms with E-state index in [0.29, 0.717) is 5.88 Å². The molecule has 0 fully saturated rings. The number of carbonyl (C=O) groups excluding carboxylic acids is 1. The van der Waals surface area contributed by atoms with Gasteiger partial charge >= 0.3 is 5.97 Å². The van der Waals surface area contributed by atoms with Crippen molar-refractivity contribution in [2.75, 3.05) is 0 Å². The van der Waals surface area contributed by atoms with Gasteiger partial charge in [0.05, 0.1) is 16.9 Å². The molecule has 0 saturated carbocycles. The van der Waals surface area contributed by atoms with Crippen LogP contribution in [-0.4, -0.2) is 15.7 Å². The standard InChI is InChI=1S/C21H21FN2O2/c1-14-7-5-10-17(11-14)24-19(13-18(23-24)21(2,3)4)26-20(25)15-8-6-9-16(22)12-15/h5-13H,1-4H3. The lowest BCUT2D eigenvalue weighted by atomic mass is 9.93. The van der Waals surface area contributed by atoms with Crippen molar-refractivity contribution in [3.63, 3.8) is 0 Å². The monoisotopic (exact) mass is 352 g/mol. The SMILES string of the molecule is Cc1cccc(-n2nc(C(C)(C)C)cc2OC(=O)c2cccc(F)c2)c1. The van der Waals surface area contributed by atoms with Crippen LogP contribution in [0.5, 0.6) is 5.88 Å². The average Bonchev–Trinajstić information content (AvgIpc) is 2.99. The number of aromatic nitrogens is 2. The molecular formula is C21H21FN2O2. The summed E-state index contributed by atoms with van der Waals surface area (Å²) in [5.41, 5.74) is 2.59. The predicted octanol–water partition coefficient (Wildman–Crippen LogP) is 4.84. The van der Waals surface area contributed by atoms with Crippen molar-refractivity contribution in [3.8, 4) is 11.6 Å². The smallest absolute Gasteiger partial charge is 0.344 e. The molecule has 5 heteroatoms. The summed E-state index contributed by atoms with van der Waals surface area (Å²) in [6.07, 6.45) is 0. The summed E-state index contributed by atoms with van der Waals surface area (Å²) in [7, 11) is 0. The average molecular weight is 352 g/mol. The topological polar surface area (TPSA) is 44.1 Å². The van der Waals surface area contributed by atoms with Gasteiger partial charge in [0.2, 0.25) is 5.88 Å². The van der Waals surface area contributed by atoms with Crippen LogP contribution in [-0.2, 0) is 5.41 Å². The third-order valence-electron chi connectivity index (χ3n) is 3.95. The number of aryl methyl sites for hydroxylation is 1. The van der Waals surface area contributed by atoms with E-state index in [1.807, 2.05) is 52.0 Å². The first-order valence-electron chi connectivity index (χ1n) is 8.39. The Morgan fingerprint density at radius 3 is 2.46 bits per heavy atom. The van der Waals surface area contributed by atoms with E-state index in [4.69, 9.17) is 4.74 Å². The maximum Gasteiger partial charge on any atom is 0.344 e. The van der Waals surface area contributed by atoms with Crippen LogP contribution in [0.1, 0.15) is 42.4 Å². The number of hydrogen-bond acceptors (Lipinski definition) is 3. The lowest BCUT2D eigenvalue weighted by molar-refractivity contribution is 0.0722. The van der Waals surface area contributed by atoms with Crippen LogP contribution in [0, 0.1) is 12.7 Å². The second-order valence-corrected chi connectivity index (χ2v) is 7.27. The van der Waals surface area contributed by atoms with Gasteiger partial charge in [-0.1, -0.05) is 39.0 Å². The second-order valence-electron chi connectivity index (χ2n) is 7.27. The van der Waals surface area contributed by atoms with Gasteiger partial charge in [-0.15, -0.1) is 0 Å². The summed E-state index contributed by atoms with van der Waals surface area (Å²) in [5, 5.41) is 4.62. The van der Waals surface area contributed by atoms with Crippen LogP contribution in [0.25, 0.3) is 5.69 Å². The number of rotatable bonds is 3. The first-order chi connectivity index (χ1) is 12.2.